The van der Waals surface area contributed by atoms with Gasteiger partial charge in [0.2, 0.25) is 0 Å². The number of carbonyl (C=O) groups excluding carboxylic acids is 1. The molecule has 1 fully saturated rings. The van der Waals surface area contributed by atoms with E-state index in [4.69, 9.17) is 0 Å². The zero-order chi connectivity index (χ0) is 13.9. The zero-order valence-electron chi connectivity index (χ0n) is 12.0. The summed E-state index contributed by atoms with van der Waals surface area (Å²) in [5, 5.41) is 1.23. The molecule has 1 aromatic heterocycles. The lowest BCUT2D eigenvalue weighted by atomic mass is 9.70. The maximum Gasteiger partial charge on any atom is 0.182 e. The lowest BCUT2D eigenvalue weighted by Gasteiger charge is -2.43. The van der Waals surface area contributed by atoms with Crippen molar-refractivity contribution in [2.45, 2.75) is 25.8 Å². The molecule has 4 rings (SSSR count). The Morgan fingerprint density at radius 3 is 2.95 bits per heavy atom. The minimum absolute atomic E-state index is 0.210. The molecule has 0 amide bonds. The van der Waals surface area contributed by atoms with Gasteiger partial charge in [-0.3, -0.25) is 4.79 Å². The van der Waals surface area contributed by atoms with Crippen LogP contribution in [0.3, 0.4) is 0 Å². The van der Waals surface area contributed by atoms with Gasteiger partial charge in [0, 0.05) is 22.9 Å². The molecule has 1 aliphatic carbocycles. The second-order valence-corrected chi connectivity index (χ2v) is 6.37. The molecule has 3 atom stereocenters. The highest BCUT2D eigenvalue weighted by molar-refractivity contribution is 6.04. The smallest absolute Gasteiger partial charge is 0.182 e. The van der Waals surface area contributed by atoms with Gasteiger partial charge in [0.15, 0.2) is 5.78 Å². The highest BCUT2D eigenvalue weighted by atomic mass is 16.1. The topological polar surface area (TPSA) is 36.1 Å². The Morgan fingerprint density at radius 2 is 2.10 bits per heavy atom. The number of hydrogen-bond acceptors (Lipinski definition) is 2. The first-order valence-electron chi connectivity index (χ1n) is 7.51. The first kappa shape index (κ1) is 12.2. The standard InChI is InChI=1S/C17H20N2O/c1-10-13-9-14-11-5-3-4-6-15(11)18-16(14)17(20)12(13)7-8-19(10)2/h3-6,10,12-13,18H,7-9H2,1-2H3. The van der Waals surface area contributed by atoms with E-state index in [1.807, 2.05) is 6.07 Å². The van der Waals surface area contributed by atoms with Gasteiger partial charge in [0.05, 0.1) is 5.69 Å². The number of ketones is 1. The second-order valence-electron chi connectivity index (χ2n) is 6.37. The van der Waals surface area contributed by atoms with Gasteiger partial charge in [-0.2, -0.15) is 0 Å². The van der Waals surface area contributed by atoms with Crippen molar-refractivity contribution in [2.75, 3.05) is 13.6 Å². The summed E-state index contributed by atoms with van der Waals surface area (Å²) in [6.45, 7) is 3.30. The first-order valence-corrected chi connectivity index (χ1v) is 7.51. The van der Waals surface area contributed by atoms with Gasteiger partial charge in [-0.1, -0.05) is 18.2 Å². The van der Waals surface area contributed by atoms with Gasteiger partial charge in [0.1, 0.15) is 0 Å². The number of nitrogens with one attached hydrogen (secondary N) is 1. The van der Waals surface area contributed by atoms with E-state index in [0.717, 1.165) is 30.6 Å². The van der Waals surface area contributed by atoms with Crippen LogP contribution in [0.15, 0.2) is 24.3 Å². The lowest BCUT2D eigenvalue weighted by Crippen LogP contribution is -2.50. The maximum atomic E-state index is 12.8. The molecule has 2 aromatic rings. The summed E-state index contributed by atoms with van der Waals surface area (Å²) in [6.07, 6.45) is 2.03. The molecule has 20 heavy (non-hydrogen) atoms. The number of para-hydroxylation sites is 1. The van der Waals surface area contributed by atoms with Crippen LogP contribution in [-0.4, -0.2) is 35.3 Å². The van der Waals surface area contributed by atoms with Crippen LogP contribution in [0.2, 0.25) is 0 Å². The molecule has 0 bridgehead atoms. The number of H-pyrrole nitrogens is 1. The van der Waals surface area contributed by atoms with E-state index in [9.17, 15) is 4.79 Å². The predicted molar refractivity (Wildman–Crippen MR) is 80.0 cm³/mol. The molecule has 1 aromatic carbocycles. The fourth-order valence-electron chi connectivity index (χ4n) is 4.11. The Hall–Kier alpha value is -1.61. The molecule has 2 aliphatic rings. The fourth-order valence-corrected chi connectivity index (χ4v) is 4.11. The number of hydrogen-bond donors (Lipinski definition) is 1. The predicted octanol–water partition coefficient (Wildman–Crippen LogP) is 2.86. The molecular formula is C17H20N2O. The van der Waals surface area contributed by atoms with Crippen LogP contribution in [0.4, 0.5) is 0 Å². The molecule has 3 nitrogen and oxygen atoms in total. The van der Waals surface area contributed by atoms with Gasteiger partial charge in [0.25, 0.3) is 0 Å². The first-order chi connectivity index (χ1) is 9.66. The van der Waals surface area contributed by atoms with E-state index in [1.165, 1.54) is 10.9 Å². The average molecular weight is 268 g/mol. The normalized spacial score (nSPS) is 30.3. The van der Waals surface area contributed by atoms with Gasteiger partial charge >= 0.3 is 0 Å². The van der Waals surface area contributed by atoms with E-state index < -0.39 is 0 Å². The third kappa shape index (κ3) is 1.53. The summed E-state index contributed by atoms with van der Waals surface area (Å²) >= 11 is 0. The molecule has 0 saturated carbocycles. The van der Waals surface area contributed by atoms with Crippen molar-refractivity contribution in [2.24, 2.45) is 11.8 Å². The van der Waals surface area contributed by atoms with Crippen molar-refractivity contribution in [3.05, 3.63) is 35.5 Å². The Labute approximate surface area is 119 Å². The number of benzene rings is 1. The van der Waals surface area contributed by atoms with Gasteiger partial charge in [-0.05, 0) is 50.9 Å². The maximum absolute atomic E-state index is 12.8. The molecule has 3 unspecified atom stereocenters. The number of aromatic amines is 1. The van der Waals surface area contributed by atoms with E-state index in [1.54, 1.807) is 0 Å². The number of nitrogens with zero attached hydrogens (tertiary/aromatic N) is 1. The minimum Gasteiger partial charge on any atom is -0.352 e. The molecule has 104 valence electrons. The molecule has 1 aliphatic heterocycles. The third-order valence-corrected chi connectivity index (χ3v) is 5.46. The van der Waals surface area contributed by atoms with E-state index in [0.29, 0.717) is 17.7 Å². The number of piperidine rings is 1. The fraction of sp³-hybridized carbons (Fsp3) is 0.471. The Morgan fingerprint density at radius 1 is 1.30 bits per heavy atom. The number of aromatic nitrogens is 1. The highest BCUT2D eigenvalue weighted by Crippen LogP contribution is 2.40. The van der Waals surface area contributed by atoms with Gasteiger partial charge < -0.3 is 9.88 Å². The van der Waals surface area contributed by atoms with Crippen LogP contribution in [0.25, 0.3) is 10.9 Å². The van der Waals surface area contributed by atoms with Crippen molar-refractivity contribution in [3.63, 3.8) is 0 Å². The summed E-state index contributed by atoms with van der Waals surface area (Å²) in [7, 11) is 2.18. The summed E-state index contributed by atoms with van der Waals surface area (Å²) in [5.41, 5.74) is 3.23. The Balaban J connectivity index is 1.87. The van der Waals surface area contributed by atoms with Crippen LogP contribution in [0.5, 0.6) is 0 Å². The van der Waals surface area contributed by atoms with Crippen molar-refractivity contribution < 1.29 is 4.79 Å². The highest BCUT2D eigenvalue weighted by Gasteiger charge is 2.43. The number of rotatable bonds is 0. The molecule has 2 heterocycles. The van der Waals surface area contributed by atoms with Crippen molar-refractivity contribution in [1.29, 1.82) is 0 Å². The second kappa shape index (κ2) is 4.19. The number of fused-ring (bicyclic) bond motifs is 4. The Kier molecular flexibility index (Phi) is 2.55. The van der Waals surface area contributed by atoms with Crippen molar-refractivity contribution >= 4 is 16.7 Å². The number of likely N-dealkylation sites (tertiary alicyclic amines) is 1. The molecular weight excluding hydrogens is 248 g/mol. The van der Waals surface area contributed by atoms with E-state index in [2.05, 4.69) is 42.1 Å². The van der Waals surface area contributed by atoms with Crippen LogP contribution in [-0.2, 0) is 6.42 Å². The van der Waals surface area contributed by atoms with Gasteiger partial charge in [-0.25, -0.2) is 0 Å². The minimum atomic E-state index is 0.210. The molecule has 1 saturated heterocycles. The van der Waals surface area contributed by atoms with Gasteiger partial charge in [-0.15, -0.1) is 0 Å². The van der Waals surface area contributed by atoms with Crippen LogP contribution in [0.1, 0.15) is 29.4 Å². The largest absolute Gasteiger partial charge is 0.352 e. The zero-order valence-corrected chi connectivity index (χ0v) is 12.0. The lowest BCUT2D eigenvalue weighted by molar-refractivity contribution is 0.0532. The van der Waals surface area contributed by atoms with Crippen LogP contribution < -0.4 is 0 Å². The van der Waals surface area contributed by atoms with Crippen molar-refractivity contribution in [1.82, 2.24) is 9.88 Å². The van der Waals surface area contributed by atoms with Crippen LogP contribution in [0, 0.1) is 11.8 Å². The quantitative estimate of drug-likeness (QED) is 0.797. The van der Waals surface area contributed by atoms with E-state index in [-0.39, 0.29) is 5.92 Å². The summed E-state index contributed by atoms with van der Waals surface area (Å²) in [5.74, 6) is 1.02. The monoisotopic (exact) mass is 268 g/mol. The summed E-state index contributed by atoms with van der Waals surface area (Å²) < 4.78 is 0. The SMILES string of the molecule is CC1C2Cc3c([nH]c4ccccc34)C(=O)C2CCN1C. The molecule has 0 radical (unpaired) electrons. The number of Topliss-reactive ketones (excluding diaryl/α,β-unsaturated/α-hetero) is 1. The molecule has 3 heteroatoms. The number of carbonyl (C=O) groups is 1. The Bertz CT molecular complexity index is 687. The van der Waals surface area contributed by atoms with Crippen molar-refractivity contribution in [3.8, 4) is 0 Å². The average Bonchev–Trinajstić information content (AvgIpc) is 2.83. The van der Waals surface area contributed by atoms with Crippen LogP contribution >= 0.6 is 0 Å². The third-order valence-electron chi connectivity index (χ3n) is 5.46. The summed E-state index contributed by atoms with van der Waals surface area (Å²) in [6, 6.07) is 8.77. The molecule has 0 spiro atoms. The molecule has 1 N–H and O–H groups in total. The van der Waals surface area contributed by atoms with E-state index >= 15 is 0 Å². The summed E-state index contributed by atoms with van der Waals surface area (Å²) in [4.78, 5) is 18.6.